The monoisotopic (exact) mass is 435 g/mol. The number of aliphatic hydroxyl groups excluding tert-OH is 1. The highest BCUT2D eigenvalue weighted by Crippen LogP contribution is 2.30. The molecule has 0 unspecified atom stereocenters. The summed E-state index contributed by atoms with van der Waals surface area (Å²) in [5.74, 6) is -1.44. The lowest BCUT2D eigenvalue weighted by molar-refractivity contribution is -0.383. The molecule has 0 atom stereocenters. The summed E-state index contributed by atoms with van der Waals surface area (Å²) in [5.41, 5.74) is 3.03. The maximum Gasteiger partial charge on any atom is 0.294 e. The molecule has 5 N–H and O–H groups in total. The van der Waals surface area contributed by atoms with Crippen molar-refractivity contribution in [2.45, 2.75) is 32.7 Å². The zero-order valence-corrected chi connectivity index (χ0v) is 16.8. The number of nitrogens with one attached hydrogen (secondary N) is 3. The number of allylic oxidation sites excluding steroid dienone is 1. The van der Waals surface area contributed by atoms with Crippen molar-refractivity contribution in [2.75, 3.05) is 10.5 Å². The number of hydrogen-bond acceptors (Lipinski definition) is 12. The average molecular weight is 435 g/mol. The molecular formula is C18H21N5O8-2. The molecular weight excluding hydrogens is 414 g/mol. The van der Waals surface area contributed by atoms with Crippen molar-refractivity contribution < 1.29 is 19.6 Å². The number of aromatic hydroxyl groups is 1. The van der Waals surface area contributed by atoms with Crippen molar-refractivity contribution in [3.05, 3.63) is 78.6 Å². The fraction of sp³-hybridized carbons (Fsp3) is 0.278. The molecule has 13 heteroatoms. The number of rotatable bonds is 8. The average Bonchev–Trinajstić information content (AvgIpc) is 2.67. The van der Waals surface area contributed by atoms with Crippen LogP contribution >= 0.6 is 0 Å². The lowest BCUT2D eigenvalue weighted by Crippen LogP contribution is -2.46. The van der Waals surface area contributed by atoms with Gasteiger partial charge in [0.05, 0.1) is 23.3 Å². The smallest absolute Gasteiger partial charge is 0.294 e. The molecule has 0 aliphatic heterocycles. The number of nitrogens with zero attached hydrogens (tertiary/aromatic N) is 2. The summed E-state index contributed by atoms with van der Waals surface area (Å²) < 4.78 is 5.13. The van der Waals surface area contributed by atoms with E-state index in [0.29, 0.717) is 0 Å². The molecule has 0 saturated heterocycles. The van der Waals surface area contributed by atoms with Gasteiger partial charge in [0.1, 0.15) is 5.69 Å². The highest BCUT2D eigenvalue weighted by atomic mass is 16.8. The summed E-state index contributed by atoms with van der Waals surface area (Å²) in [5, 5.41) is 55.2. The van der Waals surface area contributed by atoms with E-state index >= 15 is 0 Å². The predicted molar refractivity (Wildman–Crippen MR) is 112 cm³/mol. The van der Waals surface area contributed by atoms with E-state index in [4.69, 9.17) is 4.42 Å². The quantitative estimate of drug-likeness (QED) is 0.230. The van der Waals surface area contributed by atoms with Crippen LogP contribution in [0, 0.1) is 20.5 Å². The Hall–Kier alpha value is -3.81. The molecule has 168 valence electrons. The summed E-state index contributed by atoms with van der Waals surface area (Å²) in [6.07, 6.45) is 0.766. The lowest BCUT2D eigenvalue weighted by atomic mass is 10.1. The van der Waals surface area contributed by atoms with Crippen LogP contribution < -0.4 is 26.8 Å². The molecule has 0 radical (unpaired) electrons. The van der Waals surface area contributed by atoms with Crippen LogP contribution in [0.2, 0.25) is 0 Å². The summed E-state index contributed by atoms with van der Waals surface area (Å²) in [6.45, 7) is 5.43. The molecule has 0 spiro atoms. The van der Waals surface area contributed by atoms with Crippen LogP contribution in [0.1, 0.15) is 26.5 Å². The second-order valence-electron chi connectivity index (χ2n) is 7.40. The minimum absolute atomic E-state index is 0.0350. The van der Waals surface area contributed by atoms with Gasteiger partial charge in [-0.15, -0.1) is 0 Å². The topological polar surface area (TPSA) is 199 Å². The second-order valence-corrected chi connectivity index (χ2v) is 7.40. The van der Waals surface area contributed by atoms with Crippen LogP contribution in [0.4, 0.5) is 17.1 Å². The SMILES string of the molecule is CC(C)(C)NNC(Cc1occc(=O)c1O)=C(O)Nc1ccc(N([O-])[O-])cc1[N+](=O)[O-]. The number of benzene rings is 1. The standard InChI is InChI=1S/C18H21N5O8/c1-18(2,3)21-20-12(9-15-16(25)14(24)6-7-31-15)17(26)19-11-5-4-10(22(27)28)8-13(11)23(29)30/h4-8,19-21,25-26H,9H2,1-3H3/q-2. The number of hydrazine groups is 1. The Kier molecular flexibility index (Phi) is 7.07. The van der Waals surface area contributed by atoms with Gasteiger partial charge in [0.25, 0.3) is 5.69 Å². The maximum atomic E-state index is 11.6. The molecule has 31 heavy (non-hydrogen) atoms. The molecule has 1 aromatic carbocycles. The maximum absolute atomic E-state index is 11.6. The first-order valence-corrected chi connectivity index (χ1v) is 8.84. The highest BCUT2D eigenvalue weighted by molar-refractivity contribution is 5.70. The molecule has 2 rings (SSSR count). The Morgan fingerprint density at radius 2 is 1.94 bits per heavy atom. The second kappa shape index (κ2) is 9.34. The van der Waals surface area contributed by atoms with Crippen LogP contribution in [0.15, 0.2) is 51.3 Å². The summed E-state index contributed by atoms with van der Waals surface area (Å²) in [4.78, 5) is 22.1. The van der Waals surface area contributed by atoms with Crippen molar-refractivity contribution >= 4 is 17.1 Å². The highest BCUT2D eigenvalue weighted by Gasteiger charge is 2.20. The summed E-state index contributed by atoms with van der Waals surface area (Å²) >= 11 is 0. The van der Waals surface area contributed by atoms with Gasteiger partial charge < -0.3 is 41.0 Å². The van der Waals surface area contributed by atoms with Crippen molar-refractivity contribution in [1.82, 2.24) is 10.9 Å². The first-order valence-electron chi connectivity index (χ1n) is 8.84. The molecule has 0 amide bonds. The van der Waals surface area contributed by atoms with Crippen LogP contribution in [0.5, 0.6) is 5.75 Å². The van der Waals surface area contributed by atoms with Gasteiger partial charge in [0.2, 0.25) is 17.1 Å². The van der Waals surface area contributed by atoms with Gasteiger partial charge in [0.15, 0.2) is 5.76 Å². The third-order valence-corrected chi connectivity index (χ3v) is 3.78. The van der Waals surface area contributed by atoms with E-state index in [9.17, 15) is 35.5 Å². The van der Waals surface area contributed by atoms with Crippen LogP contribution in [-0.2, 0) is 6.42 Å². The Morgan fingerprint density at radius 3 is 2.52 bits per heavy atom. The van der Waals surface area contributed by atoms with Crippen molar-refractivity contribution in [3.8, 4) is 5.75 Å². The van der Waals surface area contributed by atoms with E-state index in [1.807, 2.05) is 20.8 Å². The molecule has 13 nitrogen and oxygen atoms in total. The largest absolute Gasteiger partial charge is 0.769 e. The number of hydrogen-bond donors (Lipinski definition) is 5. The minimum atomic E-state index is -0.842. The third kappa shape index (κ3) is 6.33. The van der Waals surface area contributed by atoms with Gasteiger partial charge in [0, 0.05) is 23.4 Å². The fourth-order valence-electron chi connectivity index (χ4n) is 2.28. The van der Waals surface area contributed by atoms with Crippen LogP contribution in [0.25, 0.3) is 0 Å². The Morgan fingerprint density at radius 1 is 1.26 bits per heavy atom. The van der Waals surface area contributed by atoms with Crippen LogP contribution in [-0.4, -0.2) is 20.7 Å². The molecule has 1 heterocycles. The summed E-state index contributed by atoms with van der Waals surface area (Å²) in [7, 11) is 0. The van der Waals surface area contributed by atoms with Crippen molar-refractivity contribution in [1.29, 1.82) is 0 Å². The van der Waals surface area contributed by atoms with E-state index < -0.39 is 44.1 Å². The summed E-state index contributed by atoms with van der Waals surface area (Å²) in [6, 6.07) is 3.87. The van der Waals surface area contributed by atoms with E-state index in [2.05, 4.69) is 16.2 Å². The molecule has 0 saturated carbocycles. The first-order chi connectivity index (χ1) is 14.4. The number of aliphatic hydroxyl groups is 1. The number of nitro benzene ring substituents is 1. The molecule has 0 fully saturated rings. The van der Waals surface area contributed by atoms with Gasteiger partial charge in [-0.1, -0.05) is 0 Å². The Labute approximate surface area is 175 Å². The molecule has 0 bridgehead atoms. The number of anilines is 2. The number of nitro groups is 1. The van der Waals surface area contributed by atoms with Gasteiger partial charge in [-0.3, -0.25) is 14.9 Å². The molecule has 1 aromatic heterocycles. The Bertz CT molecular complexity index is 1040. The van der Waals surface area contributed by atoms with Crippen LogP contribution in [0.3, 0.4) is 0 Å². The van der Waals surface area contributed by atoms with Gasteiger partial charge in [-0.25, -0.2) is 5.43 Å². The normalized spacial score (nSPS) is 12.2. The molecule has 2 aromatic rings. The molecule has 0 aliphatic rings. The van der Waals surface area contributed by atoms with Gasteiger partial charge >= 0.3 is 0 Å². The molecule has 0 aliphatic carbocycles. The van der Waals surface area contributed by atoms with E-state index in [1.165, 1.54) is 0 Å². The lowest BCUT2D eigenvalue weighted by Gasteiger charge is -2.37. The fourth-order valence-corrected chi connectivity index (χ4v) is 2.28. The van der Waals surface area contributed by atoms with Gasteiger partial charge in [-0.2, -0.15) is 0 Å². The van der Waals surface area contributed by atoms with E-state index in [0.717, 1.165) is 30.5 Å². The van der Waals surface area contributed by atoms with E-state index in [-0.39, 0.29) is 23.6 Å². The van der Waals surface area contributed by atoms with Crippen molar-refractivity contribution in [3.63, 3.8) is 0 Å². The predicted octanol–water partition coefficient (Wildman–Crippen LogP) is 2.33. The first kappa shape index (κ1) is 23.5. The minimum Gasteiger partial charge on any atom is -0.769 e. The van der Waals surface area contributed by atoms with Gasteiger partial charge in [-0.05, 0) is 32.9 Å². The zero-order valence-electron chi connectivity index (χ0n) is 16.8. The zero-order chi connectivity index (χ0) is 23.3. The third-order valence-electron chi connectivity index (χ3n) is 3.78. The van der Waals surface area contributed by atoms with Crippen molar-refractivity contribution in [2.24, 2.45) is 0 Å². The Balaban J connectivity index is 2.45. The van der Waals surface area contributed by atoms with E-state index in [1.54, 1.807) is 0 Å².